The molecule has 0 saturated carbocycles. The number of carboxylic acid groups (broad SMARTS) is 1. The van der Waals surface area contributed by atoms with E-state index in [0.717, 1.165) is 0 Å². The Kier molecular flexibility index (Phi) is 3.24. The lowest BCUT2D eigenvalue weighted by Crippen LogP contribution is -2.38. The normalized spacial score (nSPS) is 11.4. The van der Waals surface area contributed by atoms with E-state index in [2.05, 4.69) is 0 Å². The van der Waals surface area contributed by atoms with Crippen LogP contribution in [0.1, 0.15) is 27.7 Å². The van der Waals surface area contributed by atoms with Gasteiger partial charge in [0.25, 0.3) is 0 Å². The minimum atomic E-state index is -1.43. The molecule has 0 aliphatic heterocycles. The lowest BCUT2D eigenvalue weighted by molar-refractivity contribution is -0.176. The number of carboxylic acids is 1. The van der Waals surface area contributed by atoms with Crippen molar-refractivity contribution in [2.24, 2.45) is 5.92 Å². The van der Waals surface area contributed by atoms with E-state index < -0.39 is 17.5 Å². The van der Waals surface area contributed by atoms with Gasteiger partial charge in [0.1, 0.15) is 0 Å². The summed E-state index contributed by atoms with van der Waals surface area (Å²) in [4.78, 5) is 21.5. The molecule has 0 aromatic rings. The minimum Gasteiger partial charge on any atom is -0.478 e. The van der Waals surface area contributed by atoms with Crippen molar-refractivity contribution in [1.82, 2.24) is 0 Å². The molecular weight excluding hydrogens is 160 g/mol. The summed E-state index contributed by atoms with van der Waals surface area (Å²) in [5.74, 6) is -1.94. The lowest BCUT2D eigenvalue weighted by Gasteiger charge is -2.20. The zero-order chi connectivity index (χ0) is 9.94. The second-order valence-corrected chi connectivity index (χ2v) is 3.39. The molecule has 0 radical (unpaired) electrons. The molecule has 0 bridgehead atoms. The van der Waals surface area contributed by atoms with Crippen molar-refractivity contribution in [3.8, 4) is 0 Å². The van der Waals surface area contributed by atoms with Gasteiger partial charge in [-0.2, -0.15) is 0 Å². The quantitative estimate of drug-likeness (QED) is 0.649. The molecule has 12 heavy (non-hydrogen) atoms. The SMILES string of the molecule is CC(C)C(=O)OC(C)(C)C(=O)O. The molecule has 70 valence electrons. The fourth-order valence-corrected chi connectivity index (χ4v) is 0.413. The third-order valence-electron chi connectivity index (χ3n) is 1.34. The average molecular weight is 174 g/mol. The van der Waals surface area contributed by atoms with Crippen molar-refractivity contribution in [1.29, 1.82) is 0 Å². The van der Waals surface area contributed by atoms with Crippen LogP contribution in [0.5, 0.6) is 0 Å². The van der Waals surface area contributed by atoms with Crippen molar-refractivity contribution >= 4 is 11.9 Å². The van der Waals surface area contributed by atoms with E-state index in [9.17, 15) is 9.59 Å². The average Bonchev–Trinajstić information content (AvgIpc) is 1.85. The molecule has 0 fully saturated rings. The number of hydrogen-bond donors (Lipinski definition) is 1. The molecule has 0 aliphatic carbocycles. The number of carbonyl (C=O) groups is 2. The smallest absolute Gasteiger partial charge is 0.347 e. The van der Waals surface area contributed by atoms with Gasteiger partial charge in [-0.15, -0.1) is 0 Å². The van der Waals surface area contributed by atoms with Gasteiger partial charge in [0, 0.05) is 0 Å². The molecule has 0 unspecified atom stereocenters. The van der Waals surface area contributed by atoms with Crippen LogP contribution in [0.25, 0.3) is 0 Å². The fraction of sp³-hybridized carbons (Fsp3) is 0.750. The second kappa shape index (κ2) is 3.56. The maximum atomic E-state index is 11.0. The number of ether oxygens (including phenoxy) is 1. The topological polar surface area (TPSA) is 63.6 Å². The summed E-state index contributed by atoms with van der Waals surface area (Å²) in [6.07, 6.45) is 0. The van der Waals surface area contributed by atoms with Gasteiger partial charge < -0.3 is 9.84 Å². The summed E-state index contributed by atoms with van der Waals surface area (Å²) in [5.41, 5.74) is -1.43. The van der Waals surface area contributed by atoms with Crippen LogP contribution in [0.15, 0.2) is 0 Å². The summed E-state index contributed by atoms with van der Waals surface area (Å²) in [6, 6.07) is 0. The van der Waals surface area contributed by atoms with Gasteiger partial charge >= 0.3 is 11.9 Å². The highest BCUT2D eigenvalue weighted by Crippen LogP contribution is 2.12. The third kappa shape index (κ3) is 2.90. The summed E-state index contributed by atoms with van der Waals surface area (Å²) in [7, 11) is 0. The van der Waals surface area contributed by atoms with Crippen molar-refractivity contribution in [2.45, 2.75) is 33.3 Å². The summed E-state index contributed by atoms with van der Waals surface area (Å²) < 4.78 is 4.72. The van der Waals surface area contributed by atoms with Gasteiger partial charge in [0.05, 0.1) is 5.92 Å². The van der Waals surface area contributed by atoms with Gasteiger partial charge in [-0.05, 0) is 13.8 Å². The van der Waals surface area contributed by atoms with Crippen molar-refractivity contribution in [3.05, 3.63) is 0 Å². The standard InChI is InChI=1S/C8H14O4/c1-5(2)6(9)12-8(3,4)7(10)11/h5H,1-4H3,(H,10,11). The van der Waals surface area contributed by atoms with Gasteiger partial charge in [-0.1, -0.05) is 13.8 Å². The Morgan fingerprint density at radius 2 is 1.75 bits per heavy atom. The Bertz CT molecular complexity index is 193. The first-order valence-corrected chi connectivity index (χ1v) is 3.73. The van der Waals surface area contributed by atoms with Crippen LogP contribution < -0.4 is 0 Å². The van der Waals surface area contributed by atoms with Crippen molar-refractivity contribution < 1.29 is 19.4 Å². The molecule has 0 aliphatic rings. The summed E-state index contributed by atoms with van der Waals surface area (Å²) >= 11 is 0. The monoisotopic (exact) mass is 174 g/mol. The van der Waals surface area contributed by atoms with E-state index in [1.54, 1.807) is 13.8 Å². The molecule has 0 spiro atoms. The Hall–Kier alpha value is -1.06. The van der Waals surface area contributed by atoms with Crippen LogP contribution >= 0.6 is 0 Å². The molecule has 0 heterocycles. The molecule has 0 rings (SSSR count). The van der Waals surface area contributed by atoms with Crippen LogP contribution in [0.3, 0.4) is 0 Å². The second-order valence-electron chi connectivity index (χ2n) is 3.39. The van der Waals surface area contributed by atoms with Crippen LogP contribution in [-0.4, -0.2) is 22.6 Å². The number of aliphatic carboxylic acids is 1. The van der Waals surface area contributed by atoms with E-state index in [1.807, 2.05) is 0 Å². The van der Waals surface area contributed by atoms with Crippen LogP contribution in [0.4, 0.5) is 0 Å². The lowest BCUT2D eigenvalue weighted by atomic mass is 10.1. The molecule has 0 atom stereocenters. The summed E-state index contributed by atoms with van der Waals surface area (Å²) in [6.45, 7) is 5.99. The van der Waals surface area contributed by atoms with Gasteiger partial charge in [-0.25, -0.2) is 4.79 Å². The minimum absolute atomic E-state index is 0.302. The van der Waals surface area contributed by atoms with Crippen LogP contribution in [-0.2, 0) is 14.3 Å². The van der Waals surface area contributed by atoms with E-state index in [4.69, 9.17) is 9.84 Å². The Balaban J connectivity index is 4.25. The molecule has 4 nitrogen and oxygen atoms in total. The largest absolute Gasteiger partial charge is 0.478 e. The number of esters is 1. The van der Waals surface area contributed by atoms with E-state index in [-0.39, 0.29) is 5.92 Å². The summed E-state index contributed by atoms with van der Waals surface area (Å²) in [5, 5.41) is 8.59. The Morgan fingerprint density at radius 3 is 2.00 bits per heavy atom. The first-order valence-electron chi connectivity index (χ1n) is 3.73. The third-order valence-corrected chi connectivity index (χ3v) is 1.34. The first-order chi connectivity index (χ1) is 5.27. The fourth-order valence-electron chi connectivity index (χ4n) is 0.413. The predicted molar refractivity (Wildman–Crippen MR) is 42.6 cm³/mol. The highest BCUT2D eigenvalue weighted by atomic mass is 16.6. The molecule has 0 aromatic carbocycles. The van der Waals surface area contributed by atoms with Crippen molar-refractivity contribution in [3.63, 3.8) is 0 Å². The molecule has 0 saturated heterocycles. The maximum absolute atomic E-state index is 11.0. The predicted octanol–water partition coefficient (Wildman–Crippen LogP) is 1.05. The molecular formula is C8H14O4. The Morgan fingerprint density at radius 1 is 1.33 bits per heavy atom. The molecule has 4 heteroatoms. The molecule has 0 amide bonds. The maximum Gasteiger partial charge on any atom is 0.347 e. The Labute approximate surface area is 71.5 Å². The molecule has 1 N–H and O–H groups in total. The molecule has 0 aromatic heterocycles. The van der Waals surface area contributed by atoms with Crippen LogP contribution in [0, 0.1) is 5.92 Å². The highest BCUT2D eigenvalue weighted by molar-refractivity contribution is 5.81. The van der Waals surface area contributed by atoms with E-state index in [1.165, 1.54) is 13.8 Å². The number of hydrogen-bond acceptors (Lipinski definition) is 3. The number of carbonyl (C=O) groups excluding carboxylic acids is 1. The zero-order valence-electron chi connectivity index (χ0n) is 7.75. The zero-order valence-corrected chi connectivity index (χ0v) is 7.75. The van der Waals surface area contributed by atoms with Crippen LogP contribution in [0.2, 0.25) is 0 Å². The van der Waals surface area contributed by atoms with E-state index in [0.29, 0.717) is 0 Å². The van der Waals surface area contributed by atoms with E-state index >= 15 is 0 Å². The number of rotatable bonds is 3. The highest BCUT2D eigenvalue weighted by Gasteiger charge is 2.32. The van der Waals surface area contributed by atoms with Gasteiger partial charge in [0.2, 0.25) is 5.60 Å². The first kappa shape index (κ1) is 10.9. The van der Waals surface area contributed by atoms with Gasteiger partial charge in [-0.3, -0.25) is 4.79 Å². The van der Waals surface area contributed by atoms with Crippen molar-refractivity contribution in [2.75, 3.05) is 0 Å². The van der Waals surface area contributed by atoms with Gasteiger partial charge in [0.15, 0.2) is 0 Å².